The van der Waals surface area contributed by atoms with Crippen LogP contribution in [0.25, 0.3) is 0 Å². The van der Waals surface area contributed by atoms with Crippen LogP contribution >= 0.6 is 11.3 Å². The van der Waals surface area contributed by atoms with Gasteiger partial charge in [0.25, 0.3) is 5.91 Å². The number of urea groups is 1. The van der Waals surface area contributed by atoms with Crippen LogP contribution in [0.5, 0.6) is 0 Å². The van der Waals surface area contributed by atoms with Gasteiger partial charge in [0.2, 0.25) is 5.78 Å². The van der Waals surface area contributed by atoms with E-state index in [-0.39, 0.29) is 11.3 Å². The van der Waals surface area contributed by atoms with Gasteiger partial charge in [0, 0.05) is 22.6 Å². The quantitative estimate of drug-likeness (QED) is 0.327. The fourth-order valence-electron chi connectivity index (χ4n) is 3.11. The topological polar surface area (TPSA) is 87.3 Å². The summed E-state index contributed by atoms with van der Waals surface area (Å²) in [4.78, 5) is 38.5. The van der Waals surface area contributed by atoms with E-state index in [1.807, 2.05) is 23.6 Å². The summed E-state index contributed by atoms with van der Waals surface area (Å²) in [6, 6.07) is 25.7. The number of carbonyl (C=O) groups is 3. The molecule has 0 atom stereocenters. The van der Waals surface area contributed by atoms with Crippen LogP contribution in [0.3, 0.4) is 0 Å². The summed E-state index contributed by atoms with van der Waals surface area (Å²) in [6.07, 6.45) is 0. The van der Waals surface area contributed by atoms with Crippen molar-refractivity contribution in [3.63, 3.8) is 0 Å². The number of nitrogens with one attached hydrogen (secondary N) is 3. The van der Waals surface area contributed by atoms with Gasteiger partial charge in [-0.2, -0.15) is 0 Å². The highest BCUT2D eigenvalue weighted by Crippen LogP contribution is 2.21. The van der Waals surface area contributed by atoms with Crippen LogP contribution < -0.4 is 16.0 Å². The number of anilines is 3. The van der Waals surface area contributed by atoms with Gasteiger partial charge in [0.1, 0.15) is 0 Å². The maximum absolute atomic E-state index is 12.9. The molecule has 1 aromatic heterocycles. The third-order valence-corrected chi connectivity index (χ3v) is 5.44. The van der Waals surface area contributed by atoms with Crippen molar-refractivity contribution in [1.29, 1.82) is 0 Å². The lowest BCUT2D eigenvalue weighted by molar-refractivity contribution is 0.0998. The number of rotatable bonds is 6. The van der Waals surface area contributed by atoms with Gasteiger partial charge in [-0.1, -0.05) is 48.5 Å². The average Bonchev–Trinajstić information content (AvgIpc) is 3.34. The van der Waals surface area contributed by atoms with Crippen molar-refractivity contribution in [3.05, 3.63) is 112 Å². The van der Waals surface area contributed by atoms with Gasteiger partial charge in [0.05, 0.1) is 10.4 Å². The van der Waals surface area contributed by atoms with Crippen LogP contribution in [0.2, 0.25) is 0 Å². The standard InChI is InChI=1S/C25H19N3O3S/c29-23(22-14-7-15-32-22)20-12-4-5-13-21(20)24(30)26-18-10-6-11-19(16-18)28-25(31)27-17-8-2-1-3-9-17/h1-16H,(H,26,30)(H2,27,28,31). The van der Waals surface area contributed by atoms with E-state index in [1.54, 1.807) is 72.8 Å². The van der Waals surface area contributed by atoms with Gasteiger partial charge >= 0.3 is 6.03 Å². The second-order valence-corrected chi connectivity index (χ2v) is 7.78. The molecule has 6 nitrogen and oxygen atoms in total. The SMILES string of the molecule is O=C(Nc1ccccc1)Nc1cccc(NC(=O)c2ccccc2C(=O)c2cccs2)c1. The first-order valence-electron chi connectivity index (χ1n) is 9.82. The summed E-state index contributed by atoms with van der Waals surface area (Å²) in [5, 5.41) is 10.1. The number of hydrogen-bond acceptors (Lipinski definition) is 4. The third kappa shape index (κ3) is 5.08. The molecule has 1 heterocycles. The highest BCUT2D eigenvalue weighted by atomic mass is 32.1. The van der Waals surface area contributed by atoms with Crippen molar-refractivity contribution in [2.24, 2.45) is 0 Å². The van der Waals surface area contributed by atoms with E-state index in [4.69, 9.17) is 0 Å². The van der Waals surface area contributed by atoms with Gasteiger partial charge in [-0.05, 0) is 47.8 Å². The summed E-state index contributed by atoms with van der Waals surface area (Å²) < 4.78 is 0. The summed E-state index contributed by atoms with van der Waals surface area (Å²) in [7, 11) is 0. The molecule has 3 aromatic carbocycles. The van der Waals surface area contributed by atoms with Crippen molar-refractivity contribution in [2.75, 3.05) is 16.0 Å². The summed E-state index contributed by atoms with van der Waals surface area (Å²) >= 11 is 1.33. The predicted octanol–water partition coefficient (Wildman–Crippen LogP) is 5.88. The molecule has 0 fully saturated rings. The molecule has 4 rings (SSSR count). The highest BCUT2D eigenvalue weighted by molar-refractivity contribution is 7.12. The molecule has 7 heteroatoms. The summed E-state index contributed by atoms with van der Waals surface area (Å²) in [6.45, 7) is 0. The third-order valence-electron chi connectivity index (χ3n) is 4.57. The molecule has 0 aliphatic heterocycles. The summed E-state index contributed by atoms with van der Waals surface area (Å²) in [5.41, 5.74) is 2.29. The monoisotopic (exact) mass is 441 g/mol. The Morgan fingerprint density at radius 1 is 0.594 bits per heavy atom. The van der Waals surface area contributed by atoms with Gasteiger partial charge in [-0.25, -0.2) is 4.79 Å². The summed E-state index contributed by atoms with van der Waals surface area (Å²) in [5.74, 6) is -0.602. The van der Waals surface area contributed by atoms with Crippen molar-refractivity contribution < 1.29 is 14.4 Å². The van der Waals surface area contributed by atoms with Crippen LogP contribution in [-0.4, -0.2) is 17.7 Å². The molecule has 0 aliphatic carbocycles. The zero-order valence-electron chi connectivity index (χ0n) is 16.9. The fraction of sp³-hybridized carbons (Fsp3) is 0. The predicted molar refractivity (Wildman–Crippen MR) is 128 cm³/mol. The maximum atomic E-state index is 12.9. The molecule has 3 amide bonds. The molecule has 0 spiro atoms. The number of carbonyl (C=O) groups excluding carboxylic acids is 3. The first-order chi connectivity index (χ1) is 15.6. The Balaban J connectivity index is 1.47. The molecular weight excluding hydrogens is 422 g/mol. The molecule has 0 radical (unpaired) electrons. The Labute approximate surface area is 188 Å². The number of benzene rings is 3. The van der Waals surface area contributed by atoms with E-state index in [0.717, 1.165) is 0 Å². The number of para-hydroxylation sites is 1. The van der Waals surface area contributed by atoms with Gasteiger partial charge in [0.15, 0.2) is 0 Å². The molecule has 0 bridgehead atoms. The molecule has 0 unspecified atom stereocenters. The first kappa shape index (κ1) is 21.0. The van der Waals surface area contributed by atoms with Crippen molar-refractivity contribution in [2.45, 2.75) is 0 Å². The average molecular weight is 442 g/mol. The van der Waals surface area contributed by atoms with Crippen LogP contribution in [0, 0.1) is 0 Å². The van der Waals surface area contributed by atoms with Crippen molar-refractivity contribution in [1.82, 2.24) is 0 Å². The molecule has 3 N–H and O–H groups in total. The van der Waals surface area contributed by atoms with Crippen LogP contribution in [0.1, 0.15) is 25.6 Å². The van der Waals surface area contributed by atoms with Gasteiger partial charge < -0.3 is 16.0 Å². The Bertz CT molecular complexity index is 1250. The van der Waals surface area contributed by atoms with E-state index in [2.05, 4.69) is 16.0 Å². The lowest BCUT2D eigenvalue weighted by atomic mass is 10.0. The Kier molecular flexibility index (Phi) is 6.38. The van der Waals surface area contributed by atoms with E-state index < -0.39 is 11.9 Å². The van der Waals surface area contributed by atoms with E-state index in [9.17, 15) is 14.4 Å². The molecule has 158 valence electrons. The van der Waals surface area contributed by atoms with Gasteiger partial charge in [-0.3, -0.25) is 9.59 Å². The lowest BCUT2D eigenvalue weighted by Gasteiger charge is -2.11. The molecule has 0 saturated carbocycles. The van der Waals surface area contributed by atoms with Crippen LogP contribution in [0.4, 0.5) is 21.9 Å². The Morgan fingerprint density at radius 3 is 1.94 bits per heavy atom. The lowest BCUT2D eigenvalue weighted by Crippen LogP contribution is -2.20. The van der Waals surface area contributed by atoms with E-state index >= 15 is 0 Å². The second kappa shape index (κ2) is 9.72. The fourth-order valence-corrected chi connectivity index (χ4v) is 3.79. The Hall–Kier alpha value is -4.23. The van der Waals surface area contributed by atoms with Crippen LogP contribution in [-0.2, 0) is 0 Å². The minimum absolute atomic E-state index is 0.196. The molecule has 0 saturated heterocycles. The number of hydrogen-bond donors (Lipinski definition) is 3. The minimum atomic E-state index is -0.406. The molecule has 4 aromatic rings. The highest BCUT2D eigenvalue weighted by Gasteiger charge is 2.19. The Morgan fingerprint density at radius 2 is 1.22 bits per heavy atom. The second-order valence-electron chi connectivity index (χ2n) is 6.83. The number of amides is 3. The first-order valence-corrected chi connectivity index (χ1v) is 10.7. The zero-order chi connectivity index (χ0) is 22.3. The van der Waals surface area contributed by atoms with Crippen molar-refractivity contribution in [3.8, 4) is 0 Å². The number of ketones is 1. The van der Waals surface area contributed by atoms with Gasteiger partial charge in [-0.15, -0.1) is 11.3 Å². The van der Waals surface area contributed by atoms with Crippen molar-refractivity contribution >= 4 is 46.1 Å². The number of thiophene rings is 1. The normalized spacial score (nSPS) is 10.2. The molecule has 32 heavy (non-hydrogen) atoms. The van der Waals surface area contributed by atoms with Crippen LogP contribution in [0.15, 0.2) is 96.4 Å². The molecule has 0 aliphatic rings. The maximum Gasteiger partial charge on any atom is 0.323 e. The minimum Gasteiger partial charge on any atom is -0.322 e. The molecular formula is C25H19N3O3S. The van der Waals surface area contributed by atoms with E-state index in [0.29, 0.717) is 27.5 Å². The van der Waals surface area contributed by atoms with E-state index in [1.165, 1.54) is 11.3 Å². The largest absolute Gasteiger partial charge is 0.323 e. The smallest absolute Gasteiger partial charge is 0.322 e. The zero-order valence-corrected chi connectivity index (χ0v) is 17.7.